The highest BCUT2D eigenvalue weighted by Crippen LogP contribution is 2.23. The van der Waals surface area contributed by atoms with Crippen LogP contribution in [0, 0.1) is 6.92 Å². The molecule has 0 aromatic heterocycles. The summed E-state index contributed by atoms with van der Waals surface area (Å²) in [5.41, 5.74) is 2.66. The Morgan fingerprint density at radius 1 is 1.17 bits per heavy atom. The molecule has 0 aliphatic rings. The lowest BCUT2D eigenvalue weighted by atomic mass is 10.1. The average molecular weight is 424 g/mol. The van der Waals surface area contributed by atoms with Gasteiger partial charge in [-0.25, -0.2) is 17.9 Å². The van der Waals surface area contributed by atoms with Gasteiger partial charge in [0.25, 0.3) is 0 Å². The van der Waals surface area contributed by atoms with Crippen LogP contribution in [0.4, 0.5) is 10.5 Å². The normalized spacial score (nSPS) is 12.5. The molecule has 2 N–H and O–H groups in total. The summed E-state index contributed by atoms with van der Waals surface area (Å²) in [7, 11) is 0.394. The number of ether oxygens (including phenoxy) is 1. The number of benzene rings is 1. The molecule has 0 unspecified atom stereocenters. The van der Waals surface area contributed by atoms with Gasteiger partial charge in [0, 0.05) is 43.8 Å². The van der Waals surface area contributed by atoms with Crippen molar-refractivity contribution < 1.29 is 17.9 Å². The van der Waals surface area contributed by atoms with Gasteiger partial charge in [-0.05, 0) is 51.8 Å². The first-order chi connectivity index (χ1) is 13.4. The molecule has 0 atom stereocenters. The lowest BCUT2D eigenvalue weighted by Crippen LogP contribution is -2.34. The van der Waals surface area contributed by atoms with E-state index in [1.54, 1.807) is 26.8 Å². The summed E-state index contributed by atoms with van der Waals surface area (Å²) in [6.07, 6.45) is 5.03. The fourth-order valence-electron chi connectivity index (χ4n) is 2.43. The fourth-order valence-corrected chi connectivity index (χ4v) is 3.25. The van der Waals surface area contributed by atoms with Crippen LogP contribution in [-0.2, 0) is 14.8 Å². The van der Waals surface area contributed by atoms with E-state index in [2.05, 4.69) is 10.0 Å². The minimum Gasteiger partial charge on any atom is -0.444 e. The molecule has 8 heteroatoms. The van der Waals surface area contributed by atoms with Gasteiger partial charge in [0.05, 0.1) is 0 Å². The topological polar surface area (TPSA) is 87.7 Å². The summed E-state index contributed by atoms with van der Waals surface area (Å²) in [5.74, 6) is 0. The van der Waals surface area contributed by atoms with Crippen molar-refractivity contribution in [2.24, 2.45) is 0 Å². The Morgan fingerprint density at radius 2 is 1.86 bits per heavy atom. The van der Waals surface area contributed by atoms with Crippen LogP contribution < -0.4 is 14.9 Å². The Balaban J connectivity index is 2.49. The second kappa shape index (κ2) is 11.0. The van der Waals surface area contributed by atoms with Crippen molar-refractivity contribution in [3.05, 3.63) is 46.9 Å². The molecule has 1 rings (SSSR count). The minimum atomic E-state index is -3.54. The number of allylic oxidation sites excluding steroid dienone is 2. The Kier molecular flexibility index (Phi) is 9.39. The maximum atomic E-state index is 12.0. The van der Waals surface area contributed by atoms with Gasteiger partial charge in [0.2, 0.25) is 10.0 Å². The monoisotopic (exact) mass is 423 g/mol. The van der Waals surface area contributed by atoms with Crippen LogP contribution >= 0.6 is 0 Å². The molecule has 0 fully saturated rings. The molecule has 0 radical (unpaired) electrons. The van der Waals surface area contributed by atoms with Gasteiger partial charge < -0.3 is 15.0 Å². The van der Waals surface area contributed by atoms with E-state index in [0.717, 1.165) is 22.2 Å². The number of carbonyl (C=O) groups is 1. The highest BCUT2D eigenvalue weighted by molar-refractivity contribution is 7.92. The number of amides is 1. The molecule has 7 nitrogen and oxygen atoms in total. The van der Waals surface area contributed by atoms with E-state index in [1.807, 2.05) is 50.2 Å². The van der Waals surface area contributed by atoms with Crippen molar-refractivity contribution in [3.63, 3.8) is 0 Å². The van der Waals surface area contributed by atoms with E-state index in [1.165, 1.54) is 6.08 Å². The van der Waals surface area contributed by atoms with Gasteiger partial charge in [0.15, 0.2) is 0 Å². The zero-order valence-corrected chi connectivity index (χ0v) is 19.0. The molecule has 1 amide bonds. The SMILES string of the molecule is Cc1cccc(N(C)C)c1/C=C\C=C\S(=O)(=O)NCCCNC(=O)OC(C)(C)C. The zero-order chi connectivity index (χ0) is 22.1. The molecular formula is C21H33N3O4S. The lowest BCUT2D eigenvalue weighted by molar-refractivity contribution is 0.0527. The molecule has 0 bridgehead atoms. The quantitative estimate of drug-likeness (QED) is 0.469. The first-order valence-corrected chi connectivity index (χ1v) is 11.0. The second-order valence-electron chi connectivity index (χ2n) is 7.81. The number of anilines is 1. The molecule has 1 aromatic carbocycles. The van der Waals surface area contributed by atoms with Crippen LogP contribution in [-0.4, -0.2) is 47.3 Å². The summed E-state index contributed by atoms with van der Waals surface area (Å²) in [6.45, 7) is 7.89. The third-order valence-corrected chi connectivity index (χ3v) is 4.86. The highest BCUT2D eigenvalue weighted by Gasteiger charge is 2.15. The van der Waals surface area contributed by atoms with E-state index in [9.17, 15) is 13.2 Å². The van der Waals surface area contributed by atoms with Gasteiger partial charge in [-0.1, -0.05) is 24.3 Å². The van der Waals surface area contributed by atoms with E-state index in [-0.39, 0.29) is 6.54 Å². The van der Waals surface area contributed by atoms with Gasteiger partial charge >= 0.3 is 6.09 Å². The predicted molar refractivity (Wildman–Crippen MR) is 119 cm³/mol. The Labute approximate surface area is 174 Å². The predicted octanol–water partition coefficient (Wildman–Crippen LogP) is 3.42. The van der Waals surface area contributed by atoms with E-state index >= 15 is 0 Å². The first kappa shape index (κ1) is 24.7. The average Bonchev–Trinajstić information content (AvgIpc) is 2.57. The smallest absolute Gasteiger partial charge is 0.407 e. The van der Waals surface area contributed by atoms with Gasteiger partial charge in [-0.15, -0.1) is 0 Å². The second-order valence-corrected chi connectivity index (χ2v) is 9.46. The summed E-state index contributed by atoms with van der Waals surface area (Å²) in [4.78, 5) is 13.5. The number of alkyl carbamates (subject to hydrolysis) is 1. The summed E-state index contributed by atoms with van der Waals surface area (Å²) in [5, 5.41) is 3.71. The van der Waals surface area contributed by atoms with E-state index in [0.29, 0.717) is 13.0 Å². The number of rotatable bonds is 9. The van der Waals surface area contributed by atoms with Crippen LogP contribution in [0.15, 0.2) is 35.8 Å². The summed E-state index contributed by atoms with van der Waals surface area (Å²) < 4.78 is 31.6. The molecule has 0 aliphatic heterocycles. The number of aryl methyl sites for hydroxylation is 1. The maximum Gasteiger partial charge on any atom is 0.407 e. The fraction of sp³-hybridized carbons (Fsp3) is 0.476. The van der Waals surface area contributed by atoms with Crippen molar-refractivity contribution in [1.82, 2.24) is 10.0 Å². The van der Waals surface area contributed by atoms with Gasteiger partial charge in [0.1, 0.15) is 5.60 Å². The summed E-state index contributed by atoms with van der Waals surface area (Å²) in [6, 6.07) is 6.02. The van der Waals surface area contributed by atoms with Crippen LogP contribution in [0.2, 0.25) is 0 Å². The molecule has 0 aliphatic carbocycles. The van der Waals surface area contributed by atoms with Crippen molar-refractivity contribution in [3.8, 4) is 0 Å². The lowest BCUT2D eigenvalue weighted by Gasteiger charge is -2.19. The molecule has 29 heavy (non-hydrogen) atoms. The number of nitrogens with one attached hydrogen (secondary N) is 2. The molecule has 162 valence electrons. The minimum absolute atomic E-state index is 0.217. The third-order valence-electron chi connectivity index (χ3n) is 3.74. The molecule has 0 spiro atoms. The van der Waals surface area contributed by atoms with Gasteiger partial charge in [-0.3, -0.25) is 0 Å². The summed E-state index contributed by atoms with van der Waals surface area (Å²) >= 11 is 0. The Bertz CT molecular complexity index is 838. The zero-order valence-electron chi connectivity index (χ0n) is 18.2. The van der Waals surface area contributed by atoms with Crippen LogP contribution in [0.1, 0.15) is 38.3 Å². The first-order valence-electron chi connectivity index (χ1n) is 9.49. The largest absolute Gasteiger partial charge is 0.444 e. The van der Waals surface area contributed by atoms with E-state index < -0.39 is 21.7 Å². The number of hydrogen-bond acceptors (Lipinski definition) is 5. The Hall–Kier alpha value is -2.32. The van der Waals surface area contributed by atoms with Crippen LogP contribution in [0.3, 0.4) is 0 Å². The van der Waals surface area contributed by atoms with Crippen molar-refractivity contribution in [2.75, 3.05) is 32.1 Å². The van der Waals surface area contributed by atoms with Crippen molar-refractivity contribution in [2.45, 2.75) is 39.7 Å². The number of hydrogen-bond donors (Lipinski definition) is 2. The number of sulfonamides is 1. The molecule has 1 aromatic rings. The third kappa shape index (κ3) is 10.1. The molecular weight excluding hydrogens is 390 g/mol. The Morgan fingerprint density at radius 3 is 2.48 bits per heavy atom. The van der Waals surface area contributed by atoms with Crippen molar-refractivity contribution >= 4 is 27.9 Å². The standard InChI is InChI=1S/C21H33N3O4S/c1-17-11-9-13-19(24(5)6)18(17)12-7-8-16-29(26,27)23-15-10-14-22-20(25)28-21(2,3)4/h7-9,11-13,16,23H,10,14-15H2,1-6H3,(H,22,25)/b12-7-,16-8+. The maximum absolute atomic E-state index is 12.0. The van der Waals surface area contributed by atoms with Crippen molar-refractivity contribution in [1.29, 1.82) is 0 Å². The van der Waals surface area contributed by atoms with Crippen LogP contribution in [0.5, 0.6) is 0 Å². The van der Waals surface area contributed by atoms with Gasteiger partial charge in [-0.2, -0.15) is 0 Å². The highest BCUT2D eigenvalue weighted by atomic mass is 32.2. The number of nitrogens with zero attached hydrogens (tertiary/aromatic N) is 1. The molecule has 0 saturated heterocycles. The molecule has 0 saturated carbocycles. The number of carbonyl (C=O) groups excluding carboxylic acids is 1. The molecule has 0 heterocycles. The van der Waals surface area contributed by atoms with E-state index in [4.69, 9.17) is 4.74 Å². The van der Waals surface area contributed by atoms with Crippen LogP contribution in [0.25, 0.3) is 6.08 Å².